The van der Waals surface area contributed by atoms with E-state index < -0.39 is 25.7 Å². The van der Waals surface area contributed by atoms with Gasteiger partial charge in [0.15, 0.2) is 0 Å². The average Bonchev–Trinajstić information content (AvgIpc) is 3.01. The van der Waals surface area contributed by atoms with E-state index in [1.807, 2.05) is 90.3 Å². The van der Waals surface area contributed by atoms with Gasteiger partial charge in [-0.2, -0.15) is 0 Å². The van der Waals surface area contributed by atoms with Gasteiger partial charge in [0.05, 0.1) is 0 Å². The Morgan fingerprint density at radius 2 is 0.947 bits per heavy atom. The lowest BCUT2D eigenvalue weighted by Crippen LogP contribution is -2.83. The molecule has 0 spiro atoms. The fraction of sp³-hybridized carbons (Fsp3) is 0. The molecule has 1 unspecified atom stereocenters. The second kappa shape index (κ2) is 10.6. The van der Waals surface area contributed by atoms with E-state index in [-0.39, 0.29) is 0 Å². The van der Waals surface area contributed by atoms with Crippen LogP contribution in [0.1, 0.15) is 11.1 Å². The largest absolute Gasteiger partial charge is 0.403 e. The molecule has 0 saturated carbocycles. The maximum atomic E-state index is 7.60. The first-order valence-electron chi connectivity index (χ1n) is 12.5. The Bertz CT molecular complexity index is 1420. The fourth-order valence-corrected chi connectivity index (χ4v) is 20.5. The summed E-state index contributed by atoms with van der Waals surface area (Å²) in [6, 6.07) is 36.9. The molecule has 1 heterocycles. The SMILES string of the molecule is C=Cc1cccc([Si]2(c3ccccc3)O[Si](C=C)(C=C)O[Si](c3ccccc3)(c3ccccc3)O2)c1C=C. The molecule has 1 saturated heterocycles. The smallest absolute Gasteiger partial charge is 0.391 e. The Hall–Kier alpha value is -3.63. The zero-order valence-electron chi connectivity index (χ0n) is 21.3. The van der Waals surface area contributed by atoms with Crippen molar-refractivity contribution in [2.75, 3.05) is 0 Å². The van der Waals surface area contributed by atoms with Gasteiger partial charge in [-0.3, -0.25) is 0 Å². The minimum absolute atomic E-state index is 0.944. The number of hydrogen-bond acceptors (Lipinski definition) is 3. The summed E-state index contributed by atoms with van der Waals surface area (Å²) in [5, 5.41) is 3.95. The summed E-state index contributed by atoms with van der Waals surface area (Å²) in [6.45, 7) is 16.6. The van der Waals surface area contributed by atoms with Crippen molar-refractivity contribution in [1.29, 1.82) is 0 Å². The van der Waals surface area contributed by atoms with Crippen molar-refractivity contribution in [3.63, 3.8) is 0 Å². The summed E-state index contributed by atoms with van der Waals surface area (Å²) in [6.07, 6.45) is 3.71. The molecule has 1 aliphatic rings. The van der Waals surface area contributed by atoms with Crippen molar-refractivity contribution >= 4 is 58.6 Å². The van der Waals surface area contributed by atoms with Crippen LogP contribution in [0, 0.1) is 0 Å². The van der Waals surface area contributed by atoms with Gasteiger partial charge in [0.25, 0.3) is 0 Å². The number of hydrogen-bond donors (Lipinski definition) is 0. The predicted octanol–water partition coefficient (Wildman–Crippen LogP) is 4.74. The number of rotatable bonds is 8. The van der Waals surface area contributed by atoms with E-state index in [1.165, 1.54) is 0 Å². The molecule has 4 aromatic rings. The molecule has 0 aliphatic carbocycles. The van der Waals surface area contributed by atoms with Crippen LogP contribution < -0.4 is 20.7 Å². The molecule has 38 heavy (non-hydrogen) atoms. The van der Waals surface area contributed by atoms with Crippen molar-refractivity contribution in [2.45, 2.75) is 0 Å². The first kappa shape index (κ1) is 26.0. The Morgan fingerprint density at radius 3 is 1.39 bits per heavy atom. The molecule has 0 bridgehead atoms. The molecule has 188 valence electrons. The third-order valence-electron chi connectivity index (χ3n) is 6.84. The quantitative estimate of drug-likeness (QED) is 0.299. The van der Waals surface area contributed by atoms with Crippen molar-refractivity contribution in [3.05, 3.63) is 158 Å². The van der Waals surface area contributed by atoms with Crippen LogP contribution in [0.4, 0.5) is 0 Å². The van der Waals surface area contributed by atoms with Crippen molar-refractivity contribution < 1.29 is 12.3 Å². The lowest BCUT2D eigenvalue weighted by atomic mass is 10.1. The third kappa shape index (κ3) is 4.27. The van der Waals surface area contributed by atoms with Crippen molar-refractivity contribution in [1.82, 2.24) is 0 Å². The first-order valence-corrected chi connectivity index (χ1v) is 18.1. The molecule has 0 amide bonds. The summed E-state index contributed by atoms with van der Waals surface area (Å²) in [7, 11) is -10.1. The van der Waals surface area contributed by atoms with E-state index in [4.69, 9.17) is 12.3 Å². The summed E-state index contributed by atoms with van der Waals surface area (Å²) in [5.74, 6) is 0. The Kier molecular flexibility index (Phi) is 7.27. The van der Waals surface area contributed by atoms with Crippen molar-refractivity contribution in [3.8, 4) is 0 Å². The van der Waals surface area contributed by atoms with E-state index in [0.717, 1.165) is 31.9 Å². The average molecular weight is 547 g/mol. The maximum absolute atomic E-state index is 7.60. The van der Waals surface area contributed by atoms with Gasteiger partial charge in [-0.05, 0) is 38.1 Å². The minimum atomic E-state index is -3.49. The summed E-state index contributed by atoms with van der Waals surface area (Å²) < 4.78 is 22.0. The lowest BCUT2D eigenvalue weighted by Gasteiger charge is -2.52. The van der Waals surface area contributed by atoms with Crippen LogP contribution >= 0.6 is 0 Å². The molecule has 1 atom stereocenters. The topological polar surface area (TPSA) is 27.7 Å². The van der Waals surface area contributed by atoms with Gasteiger partial charge in [-0.25, -0.2) is 0 Å². The minimum Gasteiger partial charge on any atom is -0.403 e. The van der Waals surface area contributed by atoms with Crippen LogP contribution in [-0.2, 0) is 12.3 Å². The number of benzene rings is 4. The molecular formula is C32H30O3Si3. The molecule has 1 fully saturated rings. The van der Waals surface area contributed by atoms with Crippen LogP contribution in [0.25, 0.3) is 12.2 Å². The zero-order chi connectivity index (χ0) is 26.6. The molecule has 3 nitrogen and oxygen atoms in total. The monoisotopic (exact) mass is 546 g/mol. The van der Waals surface area contributed by atoms with Crippen LogP contribution in [0.15, 0.2) is 147 Å². The second-order valence-electron chi connectivity index (χ2n) is 8.98. The predicted molar refractivity (Wildman–Crippen MR) is 165 cm³/mol. The molecule has 0 N–H and O–H groups in total. The van der Waals surface area contributed by atoms with Gasteiger partial charge in [0, 0.05) is 5.19 Å². The molecular weight excluding hydrogens is 517 g/mol. The van der Waals surface area contributed by atoms with Gasteiger partial charge in [0.1, 0.15) is 0 Å². The van der Waals surface area contributed by atoms with E-state index in [0.29, 0.717) is 0 Å². The Morgan fingerprint density at radius 1 is 0.474 bits per heavy atom. The second-order valence-corrected chi connectivity index (χ2v) is 18.4. The highest BCUT2D eigenvalue weighted by Gasteiger charge is 2.64. The third-order valence-corrected chi connectivity index (χ3v) is 19.6. The standard InChI is InChI=1S/C32H30O3Si3/c1-5-27-19-18-26-32(31(27)6-2)38(30-24-16-11-17-25-30)34-36(7-3,8-4)33-37(35-38,28-20-12-9-13-21-28)29-22-14-10-15-23-29/h5-26H,1-4H2. The zero-order valence-corrected chi connectivity index (χ0v) is 24.3. The Balaban J connectivity index is 1.93. The molecule has 1 aliphatic heterocycles. The molecule has 5 rings (SSSR count). The van der Waals surface area contributed by atoms with E-state index in [9.17, 15) is 0 Å². The van der Waals surface area contributed by atoms with Gasteiger partial charge in [-0.15, -0.1) is 13.2 Å². The Labute approximate surface area is 228 Å². The highest BCUT2D eigenvalue weighted by Crippen LogP contribution is 2.33. The fourth-order valence-electron chi connectivity index (χ4n) is 5.00. The van der Waals surface area contributed by atoms with Crippen LogP contribution in [0.3, 0.4) is 0 Å². The molecule has 0 radical (unpaired) electrons. The van der Waals surface area contributed by atoms with Gasteiger partial charge >= 0.3 is 25.7 Å². The molecule has 6 heteroatoms. The molecule has 4 aromatic carbocycles. The van der Waals surface area contributed by atoms with Crippen LogP contribution in [-0.4, -0.2) is 25.7 Å². The highest BCUT2D eigenvalue weighted by molar-refractivity contribution is 7.13. The van der Waals surface area contributed by atoms with Crippen molar-refractivity contribution in [2.24, 2.45) is 0 Å². The van der Waals surface area contributed by atoms with E-state index in [2.05, 4.69) is 68.8 Å². The maximum Gasteiger partial charge on any atom is 0.391 e. The van der Waals surface area contributed by atoms with Gasteiger partial charge < -0.3 is 12.3 Å². The molecule has 0 aromatic heterocycles. The first-order chi connectivity index (χ1) is 18.6. The summed E-state index contributed by atoms with van der Waals surface area (Å²) in [4.78, 5) is 0. The van der Waals surface area contributed by atoms with E-state index in [1.54, 1.807) is 0 Å². The van der Waals surface area contributed by atoms with Gasteiger partial charge in [-0.1, -0.05) is 135 Å². The van der Waals surface area contributed by atoms with E-state index >= 15 is 0 Å². The summed E-state index contributed by atoms with van der Waals surface area (Å²) in [5.41, 5.74) is 5.56. The highest BCUT2D eigenvalue weighted by atomic mass is 28.5. The summed E-state index contributed by atoms with van der Waals surface area (Å²) >= 11 is 0. The van der Waals surface area contributed by atoms with Gasteiger partial charge in [0.2, 0.25) is 0 Å². The van der Waals surface area contributed by atoms with Crippen LogP contribution in [0.2, 0.25) is 0 Å². The van der Waals surface area contributed by atoms with Crippen LogP contribution in [0.5, 0.6) is 0 Å². The normalized spacial score (nSPS) is 19.7. The lowest BCUT2D eigenvalue weighted by molar-refractivity contribution is 0.266.